The van der Waals surface area contributed by atoms with E-state index in [4.69, 9.17) is 5.73 Å². The topological polar surface area (TPSA) is 26.0 Å². The lowest BCUT2D eigenvalue weighted by atomic mass is 9.48. The molecule has 2 unspecified atom stereocenters. The van der Waals surface area contributed by atoms with Crippen LogP contribution < -0.4 is 5.73 Å². The summed E-state index contributed by atoms with van der Waals surface area (Å²) in [5.41, 5.74) is 7.31. The minimum Gasteiger partial charge on any atom is -0.325 e. The van der Waals surface area contributed by atoms with Gasteiger partial charge in [0.2, 0.25) is 0 Å². The Morgan fingerprint density at radius 2 is 1.67 bits per heavy atom. The quantitative estimate of drug-likeness (QED) is 0.585. The van der Waals surface area contributed by atoms with Crippen molar-refractivity contribution in [2.45, 2.75) is 51.0 Å². The fourth-order valence-corrected chi connectivity index (χ4v) is 4.80. The third kappa shape index (κ3) is 0.891. The summed E-state index contributed by atoms with van der Waals surface area (Å²) in [5, 5.41) is 0. The van der Waals surface area contributed by atoms with Gasteiger partial charge in [-0.15, -0.1) is 0 Å². The van der Waals surface area contributed by atoms with E-state index in [2.05, 4.69) is 6.92 Å². The molecule has 0 aliphatic heterocycles. The van der Waals surface area contributed by atoms with E-state index in [-0.39, 0.29) is 5.54 Å². The molecule has 0 amide bonds. The van der Waals surface area contributed by atoms with E-state index in [0.29, 0.717) is 5.41 Å². The molecular formula is C11H19N. The lowest BCUT2D eigenvalue weighted by molar-refractivity contribution is -0.0563. The summed E-state index contributed by atoms with van der Waals surface area (Å²) in [7, 11) is 0. The van der Waals surface area contributed by atoms with Crippen LogP contribution in [0.5, 0.6) is 0 Å². The zero-order valence-corrected chi connectivity index (χ0v) is 7.97. The molecule has 4 rings (SSSR count). The van der Waals surface area contributed by atoms with Gasteiger partial charge in [0.25, 0.3) is 0 Å². The molecule has 0 aromatic carbocycles. The Morgan fingerprint density at radius 3 is 2.08 bits per heavy atom. The lowest BCUT2D eigenvalue weighted by Crippen LogP contribution is -2.59. The fourth-order valence-electron chi connectivity index (χ4n) is 4.80. The molecule has 1 nitrogen and oxygen atoms in total. The normalized spacial score (nSPS) is 62.5. The molecule has 4 fully saturated rings. The average Bonchev–Trinajstić information content (AvgIpc) is 1.75. The van der Waals surface area contributed by atoms with Crippen LogP contribution >= 0.6 is 0 Å². The molecule has 4 aliphatic rings. The van der Waals surface area contributed by atoms with Crippen molar-refractivity contribution >= 4 is 0 Å². The van der Waals surface area contributed by atoms with Crippen LogP contribution in [0.25, 0.3) is 0 Å². The summed E-state index contributed by atoms with van der Waals surface area (Å²) in [6.07, 6.45) is 8.42. The summed E-state index contributed by atoms with van der Waals surface area (Å²) in [6.45, 7) is 2.46. The molecule has 68 valence electrons. The van der Waals surface area contributed by atoms with Crippen LogP contribution in [0.2, 0.25) is 0 Å². The Balaban J connectivity index is 1.98. The van der Waals surface area contributed by atoms with E-state index in [0.717, 1.165) is 11.8 Å². The second kappa shape index (κ2) is 1.89. The van der Waals surface area contributed by atoms with Crippen LogP contribution in [0.4, 0.5) is 0 Å². The van der Waals surface area contributed by atoms with Gasteiger partial charge in [0.15, 0.2) is 0 Å². The van der Waals surface area contributed by atoms with Gasteiger partial charge in [0.1, 0.15) is 0 Å². The third-order valence-corrected chi connectivity index (χ3v) is 4.40. The minimum atomic E-state index is 0.263. The molecule has 0 heterocycles. The van der Waals surface area contributed by atoms with Gasteiger partial charge in [0.05, 0.1) is 0 Å². The zero-order valence-electron chi connectivity index (χ0n) is 7.97. The van der Waals surface area contributed by atoms with E-state index >= 15 is 0 Å². The molecule has 2 N–H and O–H groups in total. The lowest BCUT2D eigenvalue weighted by Gasteiger charge is -2.60. The van der Waals surface area contributed by atoms with Crippen molar-refractivity contribution < 1.29 is 0 Å². The van der Waals surface area contributed by atoms with Crippen LogP contribution in [0.1, 0.15) is 45.4 Å². The van der Waals surface area contributed by atoms with Crippen LogP contribution in [-0.4, -0.2) is 5.54 Å². The third-order valence-electron chi connectivity index (χ3n) is 4.40. The second-order valence-electron chi connectivity index (χ2n) is 6.13. The molecule has 0 radical (unpaired) electrons. The SMILES string of the molecule is CC12C[C@H]3C[C@@H](C1)CC(N)(C3)C2. The molecule has 1 heteroatoms. The first-order valence-electron chi connectivity index (χ1n) is 5.36. The van der Waals surface area contributed by atoms with Crippen LogP contribution in [0, 0.1) is 17.3 Å². The molecule has 4 aliphatic carbocycles. The highest BCUT2D eigenvalue weighted by Crippen LogP contribution is 2.60. The molecular weight excluding hydrogens is 146 g/mol. The van der Waals surface area contributed by atoms with E-state index in [9.17, 15) is 0 Å². The Bertz CT molecular complexity index is 187. The maximum atomic E-state index is 6.41. The first-order valence-corrected chi connectivity index (χ1v) is 5.36. The highest BCUT2D eigenvalue weighted by atomic mass is 14.8. The zero-order chi connectivity index (χ0) is 8.40. The van der Waals surface area contributed by atoms with E-state index in [1.807, 2.05) is 0 Å². The van der Waals surface area contributed by atoms with E-state index in [1.165, 1.54) is 38.5 Å². The summed E-state index contributed by atoms with van der Waals surface area (Å²) >= 11 is 0. The number of hydrogen-bond acceptors (Lipinski definition) is 1. The van der Waals surface area contributed by atoms with Gasteiger partial charge in [-0.05, 0) is 55.8 Å². The van der Waals surface area contributed by atoms with Gasteiger partial charge >= 0.3 is 0 Å². The molecule has 0 saturated heterocycles. The first kappa shape index (κ1) is 7.37. The monoisotopic (exact) mass is 165 g/mol. The van der Waals surface area contributed by atoms with Gasteiger partial charge < -0.3 is 5.73 Å². The Morgan fingerprint density at radius 1 is 1.08 bits per heavy atom. The van der Waals surface area contributed by atoms with Crippen molar-refractivity contribution in [1.82, 2.24) is 0 Å². The van der Waals surface area contributed by atoms with Crippen molar-refractivity contribution in [3.63, 3.8) is 0 Å². The molecule has 4 saturated carbocycles. The summed E-state index contributed by atoms with van der Waals surface area (Å²) in [6, 6.07) is 0. The van der Waals surface area contributed by atoms with Crippen LogP contribution in [0.3, 0.4) is 0 Å². The Hall–Kier alpha value is -0.0400. The predicted octanol–water partition coefficient (Wildman–Crippen LogP) is 2.30. The smallest absolute Gasteiger partial charge is 0.0164 e. The summed E-state index contributed by atoms with van der Waals surface area (Å²) < 4.78 is 0. The Kier molecular flexibility index (Phi) is 1.16. The maximum absolute atomic E-state index is 6.41. The number of rotatable bonds is 0. The number of nitrogens with two attached hydrogens (primary N) is 1. The minimum absolute atomic E-state index is 0.263. The molecule has 0 aromatic rings. The molecule has 12 heavy (non-hydrogen) atoms. The maximum Gasteiger partial charge on any atom is 0.0164 e. The first-order chi connectivity index (χ1) is 5.57. The summed E-state index contributed by atoms with van der Waals surface area (Å²) in [5.74, 6) is 1.97. The molecule has 0 spiro atoms. The Labute approximate surface area is 74.7 Å². The van der Waals surface area contributed by atoms with E-state index < -0.39 is 0 Å². The van der Waals surface area contributed by atoms with Gasteiger partial charge in [-0.1, -0.05) is 6.92 Å². The van der Waals surface area contributed by atoms with Gasteiger partial charge in [0, 0.05) is 5.54 Å². The van der Waals surface area contributed by atoms with Crippen molar-refractivity contribution in [2.24, 2.45) is 23.0 Å². The van der Waals surface area contributed by atoms with Gasteiger partial charge in [-0.2, -0.15) is 0 Å². The number of hydrogen-bond donors (Lipinski definition) is 1. The molecule has 4 atom stereocenters. The van der Waals surface area contributed by atoms with Crippen molar-refractivity contribution in [1.29, 1.82) is 0 Å². The van der Waals surface area contributed by atoms with Crippen LogP contribution in [0.15, 0.2) is 0 Å². The van der Waals surface area contributed by atoms with Gasteiger partial charge in [-0.3, -0.25) is 0 Å². The molecule has 0 aromatic heterocycles. The highest BCUT2D eigenvalue weighted by molar-refractivity contribution is 5.08. The van der Waals surface area contributed by atoms with Crippen molar-refractivity contribution in [3.8, 4) is 0 Å². The second-order valence-corrected chi connectivity index (χ2v) is 6.13. The fraction of sp³-hybridized carbons (Fsp3) is 1.00. The largest absolute Gasteiger partial charge is 0.325 e. The van der Waals surface area contributed by atoms with Gasteiger partial charge in [-0.25, -0.2) is 0 Å². The standard InChI is InChI=1S/C11H19N/c1-10-3-8-2-9(4-10)6-11(12,5-8)7-10/h8-9H,2-7,12H2,1H3/t8-,9+,10?,11?. The van der Waals surface area contributed by atoms with Crippen molar-refractivity contribution in [3.05, 3.63) is 0 Å². The van der Waals surface area contributed by atoms with Crippen molar-refractivity contribution in [2.75, 3.05) is 0 Å². The van der Waals surface area contributed by atoms with E-state index in [1.54, 1.807) is 0 Å². The highest BCUT2D eigenvalue weighted by Gasteiger charge is 2.53. The molecule has 4 bridgehead atoms. The van der Waals surface area contributed by atoms with Crippen LogP contribution in [-0.2, 0) is 0 Å². The summed E-state index contributed by atoms with van der Waals surface area (Å²) in [4.78, 5) is 0. The predicted molar refractivity (Wildman–Crippen MR) is 49.7 cm³/mol. The average molecular weight is 165 g/mol.